The summed E-state index contributed by atoms with van der Waals surface area (Å²) in [6, 6.07) is 1.06. The van der Waals surface area contributed by atoms with Crippen LogP contribution in [0.15, 0.2) is 12.1 Å². The standard InChI is InChI=1S/C14H18F2N2O3/c1-7(2)9(13(19)20)6-17-14(21)18-12-5-10(15)8(3)4-11(12)16/h4-5,7,9H,6H2,1-3H3,(H,19,20)(H2,17,18,21). The predicted molar refractivity (Wildman–Crippen MR) is 74.1 cm³/mol. The molecule has 0 saturated carbocycles. The van der Waals surface area contributed by atoms with Gasteiger partial charge in [0.25, 0.3) is 0 Å². The summed E-state index contributed by atoms with van der Waals surface area (Å²) in [6.07, 6.45) is 0. The van der Waals surface area contributed by atoms with Gasteiger partial charge < -0.3 is 15.7 Å². The maximum atomic E-state index is 13.5. The molecule has 0 aliphatic rings. The Morgan fingerprint density at radius 1 is 1.24 bits per heavy atom. The third-order valence-corrected chi connectivity index (χ3v) is 3.10. The monoisotopic (exact) mass is 300 g/mol. The van der Waals surface area contributed by atoms with Crippen molar-refractivity contribution in [3.8, 4) is 0 Å². The maximum absolute atomic E-state index is 13.5. The van der Waals surface area contributed by atoms with E-state index in [1.165, 1.54) is 6.92 Å². The summed E-state index contributed by atoms with van der Waals surface area (Å²) in [5.41, 5.74) is -0.170. The molecular weight excluding hydrogens is 282 g/mol. The van der Waals surface area contributed by atoms with Crippen molar-refractivity contribution < 1.29 is 23.5 Å². The fraction of sp³-hybridized carbons (Fsp3) is 0.429. The molecule has 1 rings (SSSR count). The average molecular weight is 300 g/mol. The molecule has 1 aromatic carbocycles. The van der Waals surface area contributed by atoms with E-state index >= 15 is 0 Å². The van der Waals surface area contributed by atoms with Crippen LogP contribution >= 0.6 is 0 Å². The summed E-state index contributed by atoms with van der Waals surface area (Å²) in [7, 11) is 0. The number of carboxylic acid groups (broad SMARTS) is 1. The lowest BCUT2D eigenvalue weighted by Gasteiger charge is -2.17. The molecule has 0 heterocycles. The Bertz CT molecular complexity index is 547. The number of hydrogen-bond donors (Lipinski definition) is 3. The Labute approximate surface area is 121 Å². The van der Waals surface area contributed by atoms with Gasteiger partial charge in [-0.1, -0.05) is 13.8 Å². The van der Waals surface area contributed by atoms with Crippen LogP contribution in [0.25, 0.3) is 0 Å². The minimum Gasteiger partial charge on any atom is -0.481 e. The summed E-state index contributed by atoms with van der Waals surface area (Å²) < 4.78 is 26.9. The SMILES string of the molecule is Cc1cc(F)c(NC(=O)NCC(C(=O)O)C(C)C)cc1F. The Morgan fingerprint density at radius 2 is 1.86 bits per heavy atom. The van der Waals surface area contributed by atoms with E-state index in [-0.39, 0.29) is 23.7 Å². The summed E-state index contributed by atoms with van der Waals surface area (Å²) >= 11 is 0. The van der Waals surface area contributed by atoms with E-state index in [0.717, 1.165) is 12.1 Å². The first-order valence-corrected chi connectivity index (χ1v) is 6.45. The zero-order valence-corrected chi connectivity index (χ0v) is 12.0. The molecule has 1 aromatic rings. The van der Waals surface area contributed by atoms with Crippen molar-refractivity contribution in [1.82, 2.24) is 5.32 Å². The quantitative estimate of drug-likeness (QED) is 0.782. The molecule has 0 fully saturated rings. The second-order valence-electron chi connectivity index (χ2n) is 5.11. The highest BCUT2D eigenvalue weighted by atomic mass is 19.1. The van der Waals surface area contributed by atoms with Gasteiger partial charge in [0, 0.05) is 12.6 Å². The van der Waals surface area contributed by atoms with Crippen molar-refractivity contribution in [2.24, 2.45) is 11.8 Å². The predicted octanol–water partition coefficient (Wildman–Crippen LogP) is 2.75. The fourth-order valence-corrected chi connectivity index (χ4v) is 1.72. The van der Waals surface area contributed by atoms with Gasteiger partial charge in [-0.25, -0.2) is 13.6 Å². The summed E-state index contributed by atoms with van der Waals surface area (Å²) in [6.45, 7) is 4.73. The molecule has 21 heavy (non-hydrogen) atoms. The highest BCUT2D eigenvalue weighted by Crippen LogP contribution is 2.18. The maximum Gasteiger partial charge on any atom is 0.319 e. The number of benzene rings is 1. The molecule has 7 heteroatoms. The zero-order valence-electron chi connectivity index (χ0n) is 12.0. The van der Waals surface area contributed by atoms with E-state index in [1.54, 1.807) is 13.8 Å². The normalized spacial score (nSPS) is 12.1. The highest BCUT2D eigenvalue weighted by molar-refractivity contribution is 5.89. The molecule has 1 atom stereocenters. The Balaban J connectivity index is 2.66. The molecule has 1 unspecified atom stereocenters. The number of carbonyl (C=O) groups excluding carboxylic acids is 1. The lowest BCUT2D eigenvalue weighted by molar-refractivity contribution is -0.142. The lowest BCUT2D eigenvalue weighted by Crippen LogP contribution is -2.38. The second-order valence-corrected chi connectivity index (χ2v) is 5.11. The van der Waals surface area contributed by atoms with Crippen LogP contribution in [0.2, 0.25) is 0 Å². The number of rotatable bonds is 5. The molecule has 0 bridgehead atoms. The van der Waals surface area contributed by atoms with Gasteiger partial charge in [0.2, 0.25) is 0 Å². The number of urea groups is 1. The Morgan fingerprint density at radius 3 is 2.38 bits per heavy atom. The number of aryl methyl sites for hydroxylation is 1. The molecule has 0 radical (unpaired) electrons. The molecular formula is C14H18F2N2O3. The molecule has 3 N–H and O–H groups in total. The lowest BCUT2D eigenvalue weighted by atomic mass is 9.96. The van der Waals surface area contributed by atoms with Crippen LogP contribution in [0.4, 0.5) is 19.3 Å². The van der Waals surface area contributed by atoms with E-state index in [4.69, 9.17) is 5.11 Å². The van der Waals surface area contributed by atoms with E-state index < -0.39 is 29.6 Å². The first-order valence-electron chi connectivity index (χ1n) is 6.45. The van der Waals surface area contributed by atoms with Gasteiger partial charge in [-0.2, -0.15) is 0 Å². The number of nitrogens with one attached hydrogen (secondary N) is 2. The third-order valence-electron chi connectivity index (χ3n) is 3.10. The molecule has 0 aromatic heterocycles. The summed E-state index contributed by atoms with van der Waals surface area (Å²) in [4.78, 5) is 22.6. The Hall–Kier alpha value is -2.18. The van der Waals surface area contributed by atoms with Gasteiger partial charge in [-0.15, -0.1) is 0 Å². The minimum absolute atomic E-state index is 0.102. The zero-order chi connectivity index (χ0) is 16.2. The Kier molecular flexibility index (Phi) is 5.63. The number of carbonyl (C=O) groups is 2. The van der Waals surface area contributed by atoms with Crippen molar-refractivity contribution in [2.45, 2.75) is 20.8 Å². The molecule has 116 valence electrons. The smallest absolute Gasteiger partial charge is 0.319 e. The first kappa shape index (κ1) is 16.9. The van der Waals surface area contributed by atoms with Crippen molar-refractivity contribution in [2.75, 3.05) is 11.9 Å². The van der Waals surface area contributed by atoms with Crippen LogP contribution in [0.1, 0.15) is 19.4 Å². The minimum atomic E-state index is -1.03. The van der Waals surface area contributed by atoms with E-state index in [1.807, 2.05) is 0 Å². The molecule has 0 aliphatic heterocycles. The van der Waals surface area contributed by atoms with Crippen molar-refractivity contribution in [3.63, 3.8) is 0 Å². The topological polar surface area (TPSA) is 78.4 Å². The number of anilines is 1. The summed E-state index contributed by atoms with van der Waals surface area (Å²) in [5.74, 6) is -3.36. The van der Waals surface area contributed by atoms with Crippen LogP contribution in [-0.4, -0.2) is 23.7 Å². The van der Waals surface area contributed by atoms with Crippen LogP contribution in [-0.2, 0) is 4.79 Å². The number of aliphatic carboxylic acids is 1. The second kappa shape index (κ2) is 7.01. The largest absolute Gasteiger partial charge is 0.481 e. The van der Waals surface area contributed by atoms with Crippen LogP contribution in [0.5, 0.6) is 0 Å². The molecule has 0 saturated heterocycles. The fourth-order valence-electron chi connectivity index (χ4n) is 1.72. The van der Waals surface area contributed by atoms with Crippen molar-refractivity contribution in [3.05, 3.63) is 29.3 Å². The van der Waals surface area contributed by atoms with Crippen molar-refractivity contribution >= 4 is 17.7 Å². The van der Waals surface area contributed by atoms with E-state index in [2.05, 4.69) is 10.6 Å². The highest BCUT2D eigenvalue weighted by Gasteiger charge is 2.22. The molecule has 2 amide bonds. The van der Waals surface area contributed by atoms with Gasteiger partial charge in [0.05, 0.1) is 11.6 Å². The molecule has 0 aliphatic carbocycles. The van der Waals surface area contributed by atoms with Crippen LogP contribution in [0.3, 0.4) is 0 Å². The van der Waals surface area contributed by atoms with E-state index in [9.17, 15) is 18.4 Å². The van der Waals surface area contributed by atoms with E-state index in [0.29, 0.717) is 0 Å². The van der Waals surface area contributed by atoms with Crippen LogP contribution < -0.4 is 10.6 Å². The van der Waals surface area contributed by atoms with Gasteiger partial charge in [0.15, 0.2) is 0 Å². The van der Waals surface area contributed by atoms with Crippen LogP contribution in [0, 0.1) is 30.4 Å². The van der Waals surface area contributed by atoms with Gasteiger partial charge in [-0.05, 0) is 24.5 Å². The van der Waals surface area contributed by atoms with Gasteiger partial charge in [0.1, 0.15) is 11.6 Å². The van der Waals surface area contributed by atoms with Gasteiger partial charge in [-0.3, -0.25) is 4.79 Å². The van der Waals surface area contributed by atoms with Crippen molar-refractivity contribution in [1.29, 1.82) is 0 Å². The molecule has 5 nitrogen and oxygen atoms in total. The number of amides is 2. The third kappa shape index (κ3) is 4.70. The number of halogens is 2. The number of carboxylic acids is 1. The number of hydrogen-bond acceptors (Lipinski definition) is 2. The summed E-state index contributed by atoms with van der Waals surface area (Å²) in [5, 5.41) is 13.5. The first-order chi connectivity index (χ1) is 9.72. The van der Waals surface area contributed by atoms with Gasteiger partial charge >= 0.3 is 12.0 Å². The molecule has 0 spiro atoms. The average Bonchev–Trinajstić information content (AvgIpc) is 2.35.